The normalized spacial score (nSPS) is 13.3. The number of aromatic nitrogens is 1. The fourth-order valence-corrected chi connectivity index (χ4v) is 4.84. The second-order valence-electron chi connectivity index (χ2n) is 11.7. The van der Waals surface area contributed by atoms with E-state index in [-0.39, 0.29) is 18.1 Å². The van der Waals surface area contributed by atoms with E-state index in [4.69, 9.17) is 14.2 Å². The van der Waals surface area contributed by atoms with Crippen LogP contribution in [0.2, 0.25) is 0 Å². The van der Waals surface area contributed by atoms with Crippen LogP contribution in [0.15, 0.2) is 97.1 Å². The molecule has 45 heavy (non-hydrogen) atoms. The molecule has 3 aromatic carbocycles. The summed E-state index contributed by atoms with van der Waals surface area (Å²) < 4.78 is 46.2. The van der Waals surface area contributed by atoms with Gasteiger partial charge in [0.25, 0.3) is 6.43 Å². The zero-order valence-electron chi connectivity index (χ0n) is 25.6. The summed E-state index contributed by atoms with van der Waals surface area (Å²) in [5.41, 5.74) is 3.45. The molecule has 0 atom stereocenters. The molecule has 0 saturated carbocycles. The van der Waals surface area contributed by atoms with Gasteiger partial charge in [0.15, 0.2) is 0 Å². The minimum atomic E-state index is -2.70. The maximum atomic E-state index is 14.4. The van der Waals surface area contributed by atoms with Crippen molar-refractivity contribution in [3.8, 4) is 11.8 Å². The van der Waals surface area contributed by atoms with Crippen molar-refractivity contribution in [1.29, 1.82) is 0 Å². The summed E-state index contributed by atoms with van der Waals surface area (Å²) >= 11 is 0. The van der Waals surface area contributed by atoms with Crippen LogP contribution in [0.1, 0.15) is 55.9 Å². The van der Waals surface area contributed by atoms with Crippen molar-refractivity contribution in [2.75, 3.05) is 18.4 Å². The van der Waals surface area contributed by atoms with E-state index in [1.807, 2.05) is 87.5 Å². The van der Waals surface area contributed by atoms with Crippen LogP contribution < -0.4 is 14.8 Å². The second kappa shape index (κ2) is 14.2. The summed E-state index contributed by atoms with van der Waals surface area (Å²) in [5, 5.41) is 3.21. The number of amides is 1. The predicted octanol–water partition coefficient (Wildman–Crippen LogP) is 8.95. The highest BCUT2D eigenvalue weighted by atomic mass is 19.3. The van der Waals surface area contributed by atoms with Gasteiger partial charge in [0.05, 0.1) is 0 Å². The molecule has 1 aromatic heterocycles. The molecule has 1 N–H and O–H groups in total. The van der Waals surface area contributed by atoms with E-state index in [0.29, 0.717) is 48.9 Å². The van der Waals surface area contributed by atoms with Gasteiger partial charge in [0.2, 0.25) is 11.8 Å². The molecule has 0 aliphatic carbocycles. The largest absolute Gasteiger partial charge is 0.473 e. The van der Waals surface area contributed by atoms with Crippen LogP contribution in [0, 0.1) is 0 Å². The number of carbonyl (C=O) groups is 1. The van der Waals surface area contributed by atoms with E-state index >= 15 is 0 Å². The van der Waals surface area contributed by atoms with E-state index in [2.05, 4.69) is 10.3 Å². The number of rotatable bonds is 10. The first-order chi connectivity index (χ1) is 21.6. The Labute approximate surface area is 262 Å². The lowest BCUT2D eigenvalue weighted by Crippen LogP contribution is -2.39. The summed E-state index contributed by atoms with van der Waals surface area (Å²) in [7, 11) is 0. The molecule has 7 nitrogen and oxygen atoms in total. The highest BCUT2D eigenvalue weighted by Gasteiger charge is 2.25. The number of pyridine rings is 1. The maximum Gasteiger partial charge on any atom is 0.410 e. The van der Waals surface area contributed by atoms with E-state index in [9.17, 15) is 13.6 Å². The Morgan fingerprint density at radius 3 is 2.18 bits per heavy atom. The number of carbonyl (C=O) groups excluding carboxylic acids is 1. The number of nitrogens with one attached hydrogen (secondary N) is 1. The molecule has 234 valence electrons. The van der Waals surface area contributed by atoms with Crippen LogP contribution >= 0.6 is 0 Å². The van der Waals surface area contributed by atoms with Gasteiger partial charge in [-0.25, -0.2) is 13.6 Å². The Hall–Kier alpha value is -4.92. The van der Waals surface area contributed by atoms with Crippen molar-refractivity contribution in [2.45, 2.75) is 52.4 Å². The first kappa shape index (κ1) is 31.5. The third kappa shape index (κ3) is 8.81. The van der Waals surface area contributed by atoms with Crippen molar-refractivity contribution < 1.29 is 27.8 Å². The minimum absolute atomic E-state index is 0.0977. The molecule has 0 spiro atoms. The summed E-state index contributed by atoms with van der Waals surface area (Å²) in [6.07, 6.45) is -0.860. The molecule has 1 aliphatic rings. The van der Waals surface area contributed by atoms with Gasteiger partial charge in [0, 0.05) is 30.4 Å². The third-order valence-corrected chi connectivity index (χ3v) is 7.06. The van der Waals surface area contributed by atoms with E-state index < -0.39 is 18.1 Å². The van der Waals surface area contributed by atoms with Crippen LogP contribution in [0.4, 0.5) is 25.0 Å². The summed E-state index contributed by atoms with van der Waals surface area (Å²) in [5.74, 6) is 0.657. The lowest BCUT2D eigenvalue weighted by molar-refractivity contribution is 0.0270. The van der Waals surface area contributed by atoms with Gasteiger partial charge in [-0.05, 0) is 67.7 Å². The van der Waals surface area contributed by atoms with Crippen LogP contribution in [0.3, 0.4) is 0 Å². The zero-order chi connectivity index (χ0) is 31.8. The molecular weight excluding hydrogens is 576 g/mol. The van der Waals surface area contributed by atoms with Crippen molar-refractivity contribution >= 4 is 23.0 Å². The number of ether oxygens (including phenoxy) is 3. The van der Waals surface area contributed by atoms with Crippen LogP contribution in [-0.4, -0.2) is 34.7 Å². The molecule has 0 radical (unpaired) electrons. The molecule has 4 aromatic rings. The number of hydrogen-bond acceptors (Lipinski definition) is 6. The topological polar surface area (TPSA) is 72.9 Å². The molecule has 5 rings (SSSR count). The monoisotopic (exact) mass is 613 g/mol. The fourth-order valence-electron chi connectivity index (χ4n) is 4.84. The van der Waals surface area contributed by atoms with Crippen molar-refractivity contribution in [2.24, 2.45) is 0 Å². The van der Waals surface area contributed by atoms with E-state index in [1.165, 1.54) is 6.07 Å². The van der Waals surface area contributed by atoms with Gasteiger partial charge in [-0.2, -0.15) is 4.98 Å². The Balaban J connectivity index is 1.35. The molecule has 2 heterocycles. The molecule has 0 unspecified atom stereocenters. The van der Waals surface area contributed by atoms with Crippen molar-refractivity contribution in [3.63, 3.8) is 0 Å². The predicted molar refractivity (Wildman–Crippen MR) is 171 cm³/mol. The second-order valence-corrected chi connectivity index (χ2v) is 11.7. The lowest BCUT2D eigenvalue weighted by Gasteiger charge is -2.30. The average Bonchev–Trinajstić information content (AvgIpc) is 3.04. The van der Waals surface area contributed by atoms with Gasteiger partial charge in [-0.15, -0.1) is 0 Å². The quantitative estimate of drug-likeness (QED) is 0.193. The van der Waals surface area contributed by atoms with Crippen LogP contribution in [0.5, 0.6) is 11.8 Å². The van der Waals surface area contributed by atoms with Gasteiger partial charge >= 0.3 is 6.09 Å². The number of nitrogens with zero attached hydrogens (tertiary/aromatic N) is 2. The number of halogens is 2. The Bertz CT molecular complexity index is 1620. The summed E-state index contributed by atoms with van der Waals surface area (Å²) in [6, 6.07) is 27.8. The SMILES string of the molecule is CC(C)(C)OC(=O)N1CC=C(c2ccc(Nc3ccc(OCc4ccccc4)nc3OCc3ccccc3)cc2C(F)F)CC1. The Morgan fingerprint density at radius 2 is 1.58 bits per heavy atom. The molecular formula is C36H37F2N3O4. The van der Waals surface area contributed by atoms with Gasteiger partial charge < -0.3 is 24.4 Å². The van der Waals surface area contributed by atoms with Crippen LogP contribution in [-0.2, 0) is 18.0 Å². The molecule has 1 amide bonds. The highest BCUT2D eigenvalue weighted by molar-refractivity contribution is 5.76. The first-order valence-corrected chi connectivity index (χ1v) is 14.9. The zero-order valence-corrected chi connectivity index (χ0v) is 25.6. The van der Waals surface area contributed by atoms with Crippen LogP contribution in [0.25, 0.3) is 5.57 Å². The number of anilines is 2. The smallest absolute Gasteiger partial charge is 0.410 e. The van der Waals surface area contributed by atoms with Gasteiger partial charge in [-0.1, -0.05) is 72.8 Å². The van der Waals surface area contributed by atoms with E-state index in [0.717, 1.165) is 16.7 Å². The molecule has 1 aliphatic heterocycles. The maximum absolute atomic E-state index is 14.4. The first-order valence-electron chi connectivity index (χ1n) is 14.9. The average molecular weight is 614 g/mol. The molecule has 9 heteroatoms. The highest BCUT2D eigenvalue weighted by Crippen LogP contribution is 2.36. The molecule has 0 bridgehead atoms. The van der Waals surface area contributed by atoms with Crippen molar-refractivity contribution in [3.05, 3.63) is 119 Å². The number of alkyl halides is 2. The number of benzene rings is 3. The summed E-state index contributed by atoms with van der Waals surface area (Å²) in [6.45, 7) is 6.70. The molecule has 0 fully saturated rings. The standard InChI is InChI=1S/C36H37F2N3O4/c1-36(2,3)45-35(42)41-20-18-27(19-21-41)29-15-14-28(22-30(29)33(37)38)39-31-16-17-32(43-23-25-10-6-4-7-11-25)40-34(31)44-24-26-12-8-5-9-13-26/h4-18,22,33,39H,19-21,23-24H2,1-3H3. The fraction of sp³-hybridized carbons (Fsp3) is 0.278. The van der Waals surface area contributed by atoms with Gasteiger partial charge in [-0.3, -0.25) is 0 Å². The third-order valence-electron chi connectivity index (χ3n) is 7.06. The number of hydrogen-bond donors (Lipinski definition) is 1. The van der Waals surface area contributed by atoms with E-state index in [1.54, 1.807) is 29.2 Å². The Kier molecular flexibility index (Phi) is 9.97. The summed E-state index contributed by atoms with van der Waals surface area (Å²) in [4.78, 5) is 18.6. The van der Waals surface area contributed by atoms with Gasteiger partial charge in [0.1, 0.15) is 24.5 Å². The molecule has 0 saturated heterocycles. The van der Waals surface area contributed by atoms with Crippen molar-refractivity contribution in [1.82, 2.24) is 9.88 Å². The minimum Gasteiger partial charge on any atom is -0.473 e. The lowest BCUT2D eigenvalue weighted by atomic mass is 9.94. The Morgan fingerprint density at radius 1 is 0.911 bits per heavy atom.